The largest absolute Gasteiger partial charge is 0.392 e. The van der Waals surface area contributed by atoms with Crippen molar-refractivity contribution >= 4 is 27.3 Å². The third kappa shape index (κ3) is 3.53. The molecule has 1 fully saturated rings. The number of rotatable bonds is 4. The molecule has 0 aliphatic carbocycles. The Balaban J connectivity index is 1.67. The van der Waals surface area contributed by atoms with E-state index < -0.39 is 0 Å². The van der Waals surface area contributed by atoms with Gasteiger partial charge in [0.2, 0.25) is 0 Å². The monoisotopic (exact) mass is 290 g/mol. The van der Waals surface area contributed by atoms with E-state index in [0.29, 0.717) is 6.04 Å². The lowest BCUT2D eigenvalue weighted by Gasteiger charge is -2.10. The quantitative estimate of drug-likeness (QED) is 0.784. The molecule has 1 aromatic rings. The molecule has 1 saturated heterocycles. The topological polar surface area (TPSA) is 44.3 Å². The van der Waals surface area contributed by atoms with Crippen LogP contribution >= 0.6 is 27.3 Å². The van der Waals surface area contributed by atoms with Gasteiger partial charge in [0.1, 0.15) is 0 Å². The Kier molecular flexibility index (Phi) is 4.16. The Bertz CT molecular complexity index is 318. The first kappa shape index (κ1) is 11.5. The average Bonchev–Trinajstić information content (AvgIpc) is 2.76. The average molecular weight is 291 g/mol. The van der Waals surface area contributed by atoms with Gasteiger partial charge in [-0.3, -0.25) is 0 Å². The third-order valence-electron chi connectivity index (χ3n) is 2.52. The summed E-state index contributed by atoms with van der Waals surface area (Å²) >= 11 is 5.20. The molecule has 2 atom stereocenters. The zero-order valence-corrected chi connectivity index (χ0v) is 10.8. The summed E-state index contributed by atoms with van der Waals surface area (Å²) in [6.45, 7) is 2.56. The van der Waals surface area contributed by atoms with E-state index in [1.807, 2.05) is 0 Å². The summed E-state index contributed by atoms with van der Waals surface area (Å²) in [4.78, 5) is 1.33. The maximum atomic E-state index is 9.32. The van der Waals surface area contributed by atoms with Crippen LogP contribution in [0, 0.1) is 0 Å². The fourth-order valence-electron chi connectivity index (χ4n) is 1.77. The third-order valence-corrected chi connectivity index (χ3v) is 4.14. The van der Waals surface area contributed by atoms with Gasteiger partial charge in [-0.15, -0.1) is 11.3 Å². The number of aliphatic hydroxyl groups is 1. The van der Waals surface area contributed by atoms with E-state index in [-0.39, 0.29) is 6.10 Å². The van der Waals surface area contributed by atoms with Crippen LogP contribution in [0.4, 0.5) is 0 Å². The van der Waals surface area contributed by atoms with Crippen molar-refractivity contribution in [3.8, 4) is 0 Å². The highest BCUT2D eigenvalue weighted by Gasteiger charge is 2.21. The van der Waals surface area contributed by atoms with Gasteiger partial charge in [0.25, 0.3) is 0 Å². The molecule has 15 heavy (non-hydrogen) atoms. The Hall–Kier alpha value is 0.0600. The van der Waals surface area contributed by atoms with Crippen LogP contribution in [0.3, 0.4) is 0 Å². The van der Waals surface area contributed by atoms with Crippen LogP contribution < -0.4 is 10.6 Å². The molecule has 2 rings (SSSR count). The van der Waals surface area contributed by atoms with Gasteiger partial charge in [0, 0.05) is 30.6 Å². The van der Waals surface area contributed by atoms with E-state index in [1.165, 1.54) is 8.66 Å². The van der Waals surface area contributed by atoms with Crippen molar-refractivity contribution in [1.29, 1.82) is 0 Å². The maximum absolute atomic E-state index is 9.32. The van der Waals surface area contributed by atoms with Crippen molar-refractivity contribution in [2.24, 2.45) is 0 Å². The van der Waals surface area contributed by atoms with Gasteiger partial charge in [0.15, 0.2) is 0 Å². The van der Waals surface area contributed by atoms with Crippen LogP contribution in [0.5, 0.6) is 0 Å². The Morgan fingerprint density at radius 2 is 2.47 bits per heavy atom. The Labute approximate surface area is 102 Å². The van der Waals surface area contributed by atoms with Crippen molar-refractivity contribution < 1.29 is 5.11 Å². The number of nitrogens with one attached hydrogen (secondary N) is 2. The standard InChI is InChI=1S/C10H15BrN2OS/c11-10-2-1-9(15-10)6-12-4-7-3-8(14)5-13-7/h1-2,7-8,12-14H,3-6H2. The van der Waals surface area contributed by atoms with Crippen LogP contribution in [0.15, 0.2) is 15.9 Å². The molecular formula is C10H15BrN2OS. The summed E-state index contributed by atoms with van der Waals surface area (Å²) in [6.07, 6.45) is 0.703. The van der Waals surface area contributed by atoms with E-state index in [9.17, 15) is 5.11 Å². The molecule has 1 aromatic heterocycles. The van der Waals surface area contributed by atoms with Crippen LogP contribution in [-0.2, 0) is 6.54 Å². The second-order valence-corrected chi connectivity index (χ2v) is 6.38. The lowest BCUT2D eigenvalue weighted by molar-refractivity contribution is 0.193. The predicted molar refractivity (Wildman–Crippen MR) is 66.1 cm³/mol. The Morgan fingerprint density at radius 3 is 3.07 bits per heavy atom. The molecular weight excluding hydrogens is 276 g/mol. The van der Waals surface area contributed by atoms with Gasteiger partial charge in [-0.05, 0) is 34.5 Å². The zero-order valence-electron chi connectivity index (χ0n) is 8.37. The van der Waals surface area contributed by atoms with E-state index >= 15 is 0 Å². The van der Waals surface area contributed by atoms with Gasteiger partial charge in [-0.2, -0.15) is 0 Å². The second-order valence-electron chi connectivity index (χ2n) is 3.83. The van der Waals surface area contributed by atoms with Crippen molar-refractivity contribution in [3.63, 3.8) is 0 Å². The molecule has 0 radical (unpaired) electrons. The number of hydrogen-bond donors (Lipinski definition) is 3. The number of β-amino-alcohol motifs (C(OH)–C–C–N with tert-alkyl or cyclic N) is 1. The van der Waals surface area contributed by atoms with E-state index in [1.54, 1.807) is 11.3 Å². The van der Waals surface area contributed by atoms with Crippen molar-refractivity contribution in [2.75, 3.05) is 13.1 Å². The smallest absolute Gasteiger partial charge is 0.0701 e. The van der Waals surface area contributed by atoms with Crippen LogP contribution in [0.25, 0.3) is 0 Å². The molecule has 2 heterocycles. The molecule has 0 spiro atoms. The van der Waals surface area contributed by atoms with Crippen molar-refractivity contribution in [1.82, 2.24) is 10.6 Å². The lowest BCUT2D eigenvalue weighted by atomic mass is 10.2. The summed E-state index contributed by atoms with van der Waals surface area (Å²) in [5, 5.41) is 16.0. The number of aliphatic hydroxyl groups excluding tert-OH is 1. The minimum absolute atomic E-state index is 0.160. The summed E-state index contributed by atoms with van der Waals surface area (Å²) in [5.41, 5.74) is 0. The molecule has 0 aromatic carbocycles. The molecule has 5 heteroatoms. The van der Waals surface area contributed by atoms with Crippen LogP contribution in [0.2, 0.25) is 0 Å². The Morgan fingerprint density at radius 1 is 1.60 bits per heavy atom. The summed E-state index contributed by atoms with van der Waals surface area (Å²) < 4.78 is 1.17. The van der Waals surface area contributed by atoms with Crippen LogP contribution in [-0.4, -0.2) is 30.3 Å². The van der Waals surface area contributed by atoms with Gasteiger partial charge >= 0.3 is 0 Å². The number of halogens is 1. The first-order valence-corrected chi connectivity index (χ1v) is 6.71. The van der Waals surface area contributed by atoms with Crippen molar-refractivity contribution in [3.05, 3.63) is 20.8 Å². The fraction of sp³-hybridized carbons (Fsp3) is 0.600. The molecule has 0 amide bonds. The lowest BCUT2D eigenvalue weighted by Crippen LogP contribution is -2.33. The number of thiophene rings is 1. The minimum atomic E-state index is -0.160. The summed E-state index contributed by atoms with van der Waals surface area (Å²) in [6, 6.07) is 4.61. The molecule has 2 unspecified atom stereocenters. The van der Waals surface area contributed by atoms with Gasteiger partial charge in [-0.1, -0.05) is 0 Å². The van der Waals surface area contributed by atoms with Crippen molar-refractivity contribution in [2.45, 2.75) is 25.1 Å². The molecule has 3 nitrogen and oxygen atoms in total. The highest BCUT2D eigenvalue weighted by Crippen LogP contribution is 2.21. The van der Waals surface area contributed by atoms with E-state index in [4.69, 9.17) is 0 Å². The zero-order chi connectivity index (χ0) is 10.7. The normalized spacial score (nSPS) is 26.0. The highest BCUT2D eigenvalue weighted by atomic mass is 79.9. The highest BCUT2D eigenvalue weighted by molar-refractivity contribution is 9.11. The molecule has 0 saturated carbocycles. The van der Waals surface area contributed by atoms with Gasteiger partial charge in [-0.25, -0.2) is 0 Å². The fourth-order valence-corrected chi connectivity index (χ4v) is 3.22. The van der Waals surface area contributed by atoms with Gasteiger partial charge < -0.3 is 15.7 Å². The summed E-state index contributed by atoms with van der Waals surface area (Å²) in [7, 11) is 0. The van der Waals surface area contributed by atoms with E-state index in [0.717, 1.165) is 26.1 Å². The SMILES string of the molecule is OC1CNC(CNCc2ccc(Br)s2)C1. The molecule has 3 N–H and O–H groups in total. The van der Waals surface area contributed by atoms with E-state index in [2.05, 4.69) is 38.7 Å². The summed E-state index contributed by atoms with van der Waals surface area (Å²) in [5.74, 6) is 0. The number of hydrogen-bond acceptors (Lipinski definition) is 4. The minimum Gasteiger partial charge on any atom is -0.392 e. The molecule has 1 aliphatic heterocycles. The molecule has 0 bridgehead atoms. The molecule has 84 valence electrons. The first-order valence-electron chi connectivity index (χ1n) is 5.10. The maximum Gasteiger partial charge on any atom is 0.0701 e. The first-order chi connectivity index (χ1) is 7.24. The van der Waals surface area contributed by atoms with Crippen LogP contribution in [0.1, 0.15) is 11.3 Å². The van der Waals surface area contributed by atoms with Gasteiger partial charge in [0.05, 0.1) is 9.89 Å². The predicted octanol–water partition coefficient (Wildman–Crippen LogP) is 1.32. The second kappa shape index (κ2) is 5.41. The molecule has 1 aliphatic rings.